The predicted molar refractivity (Wildman–Crippen MR) is 89.8 cm³/mol. The van der Waals surface area contributed by atoms with Crippen LogP contribution in [0.1, 0.15) is 0 Å². The minimum absolute atomic E-state index is 0.373. The SMILES string of the molecule is COc1cccc(-c2cc3cnc4ccccc4c3oc2=O)c1. The van der Waals surface area contributed by atoms with Crippen molar-refractivity contribution in [2.45, 2.75) is 0 Å². The summed E-state index contributed by atoms with van der Waals surface area (Å²) in [7, 11) is 1.60. The van der Waals surface area contributed by atoms with Crippen LogP contribution in [-0.4, -0.2) is 12.1 Å². The monoisotopic (exact) mass is 303 g/mol. The molecular weight excluding hydrogens is 290 g/mol. The van der Waals surface area contributed by atoms with E-state index in [-0.39, 0.29) is 5.63 Å². The maximum atomic E-state index is 12.4. The lowest BCUT2D eigenvalue weighted by Gasteiger charge is -2.06. The lowest BCUT2D eigenvalue weighted by atomic mass is 10.1. The zero-order valence-corrected chi connectivity index (χ0v) is 12.4. The van der Waals surface area contributed by atoms with E-state index in [2.05, 4.69) is 4.98 Å². The summed E-state index contributed by atoms with van der Waals surface area (Å²) in [5, 5.41) is 1.63. The third-order valence-corrected chi connectivity index (χ3v) is 3.85. The highest BCUT2D eigenvalue weighted by atomic mass is 16.5. The molecule has 4 heteroatoms. The van der Waals surface area contributed by atoms with Crippen LogP contribution in [0.15, 0.2) is 70.0 Å². The zero-order chi connectivity index (χ0) is 15.8. The van der Waals surface area contributed by atoms with Crippen LogP contribution in [0, 0.1) is 0 Å². The fourth-order valence-electron chi connectivity index (χ4n) is 2.70. The van der Waals surface area contributed by atoms with Gasteiger partial charge in [0.25, 0.3) is 0 Å². The fourth-order valence-corrected chi connectivity index (χ4v) is 2.70. The molecule has 2 aromatic carbocycles. The van der Waals surface area contributed by atoms with E-state index in [0.717, 1.165) is 21.9 Å². The number of nitrogens with zero attached hydrogens (tertiary/aromatic N) is 1. The van der Waals surface area contributed by atoms with Gasteiger partial charge in [0.1, 0.15) is 11.3 Å². The van der Waals surface area contributed by atoms with Crippen molar-refractivity contribution in [3.63, 3.8) is 0 Å². The number of ether oxygens (including phenoxy) is 1. The van der Waals surface area contributed by atoms with Crippen LogP contribution < -0.4 is 10.4 Å². The summed E-state index contributed by atoms with van der Waals surface area (Å²) in [5.74, 6) is 0.693. The topological polar surface area (TPSA) is 52.3 Å². The molecule has 0 bridgehead atoms. The number of fused-ring (bicyclic) bond motifs is 3. The first-order chi connectivity index (χ1) is 11.3. The number of methoxy groups -OCH3 is 1. The molecule has 0 fully saturated rings. The van der Waals surface area contributed by atoms with Crippen LogP contribution in [-0.2, 0) is 0 Å². The largest absolute Gasteiger partial charge is 0.497 e. The average molecular weight is 303 g/mol. The van der Waals surface area contributed by atoms with Crippen molar-refractivity contribution in [3.8, 4) is 16.9 Å². The Morgan fingerprint density at radius 2 is 1.91 bits per heavy atom. The minimum atomic E-state index is -0.373. The molecule has 0 aliphatic rings. The van der Waals surface area contributed by atoms with E-state index in [0.29, 0.717) is 16.9 Å². The van der Waals surface area contributed by atoms with Crippen molar-refractivity contribution in [1.29, 1.82) is 0 Å². The van der Waals surface area contributed by atoms with Gasteiger partial charge in [0.05, 0.1) is 18.2 Å². The molecule has 112 valence electrons. The summed E-state index contributed by atoms with van der Waals surface area (Å²) in [4.78, 5) is 16.9. The van der Waals surface area contributed by atoms with Crippen LogP contribution in [0.25, 0.3) is 33.0 Å². The number of para-hydroxylation sites is 1. The molecule has 23 heavy (non-hydrogen) atoms. The summed E-state index contributed by atoms with van der Waals surface area (Å²) < 4.78 is 10.8. The van der Waals surface area contributed by atoms with Gasteiger partial charge in [-0.05, 0) is 35.9 Å². The standard InChI is InChI=1S/C19H13NO3/c1-22-14-6-4-5-12(9-14)16-10-13-11-20-17-8-3-2-7-15(17)18(13)23-19(16)21/h2-11H,1H3. The molecular formula is C19H13NO3. The van der Waals surface area contributed by atoms with E-state index < -0.39 is 0 Å². The van der Waals surface area contributed by atoms with Crippen LogP contribution in [0.4, 0.5) is 0 Å². The van der Waals surface area contributed by atoms with E-state index in [1.54, 1.807) is 13.3 Å². The van der Waals surface area contributed by atoms with Gasteiger partial charge in [-0.25, -0.2) is 4.79 Å². The Hall–Kier alpha value is -3.14. The number of benzene rings is 2. The van der Waals surface area contributed by atoms with E-state index >= 15 is 0 Å². The molecule has 2 aromatic heterocycles. The maximum absolute atomic E-state index is 12.4. The van der Waals surface area contributed by atoms with Gasteiger partial charge in [-0.2, -0.15) is 0 Å². The Labute approximate surface area is 132 Å². The molecule has 0 saturated carbocycles. The third-order valence-electron chi connectivity index (χ3n) is 3.85. The maximum Gasteiger partial charge on any atom is 0.344 e. The van der Waals surface area contributed by atoms with Crippen molar-refractivity contribution in [2.75, 3.05) is 7.11 Å². The Kier molecular flexibility index (Phi) is 3.08. The predicted octanol–water partition coefficient (Wildman–Crippen LogP) is 4.02. The second kappa shape index (κ2) is 5.25. The van der Waals surface area contributed by atoms with Gasteiger partial charge in [-0.15, -0.1) is 0 Å². The Bertz CT molecular complexity index is 1080. The van der Waals surface area contributed by atoms with E-state index in [1.165, 1.54) is 0 Å². The summed E-state index contributed by atoms with van der Waals surface area (Å²) in [5.41, 5.74) is 2.24. The van der Waals surface area contributed by atoms with Gasteiger partial charge in [0, 0.05) is 17.0 Å². The zero-order valence-electron chi connectivity index (χ0n) is 12.4. The van der Waals surface area contributed by atoms with Crippen LogP contribution in [0.3, 0.4) is 0 Å². The van der Waals surface area contributed by atoms with Crippen LogP contribution in [0.5, 0.6) is 5.75 Å². The fraction of sp³-hybridized carbons (Fsp3) is 0.0526. The molecule has 0 unspecified atom stereocenters. The summed E-state index contributed by atoms with van der Waals surface area (Å²) in [6.07, 6.45) is 1.73. The highest BCUT2D eigenvalue weighted by Crippen LogP contribution is 2.27. The van der Waals surface area contributed by atoms with Gasteiger partial charge < -0.3 is 9.15 Å². The molecule has 0 N–H and O–H groups in total. The molecule has 0 radical (unpaired) electrons. The molecule has 0 spiro atoms. The van der Waals surface area contributed by atoms with Crippen molar-refractivity contribution in [1.82, 2.24) is 4.98 Å². The van der Waals surface area contributed by atoms with Gasteiger partial charge in [-0.1, -0.05) is 24.3 Å². The summed E-state index contributed by atoms with van der Waals surface area (Å²) in [6.45, 7) is 0. The van der Waals surface area contributed by atoms with E-state index in [1.807, 2.05) is 54.6 Å². The second-order valence-electron chi connectivity index (χ2n) is 5.24. The molecule has 0 saturated heterocycles. The summed E-state index contributed by atoms with van der Waals surface area (Å²) in [6, 6.07) is 16.8. The Morgan fingerprint density at radius 3 is 2.78 bits per heavy atom. The van der Waals surface area contributed by atoms with Gasteiger partial charge in [0.2, 0.25) is 0 Å². The molecule has 0 amide bonds. The number of hydrogen-bond acceptors (Lipinski definition) is 4. The Morgan fingerprint density at radius 1 is 1.04 bits per heavy atom. The van der Waals surface area contributed by atoms with E-state index in [4.69, 9.17) is 9.15 Å². The van der Waals surface area contributed by atoms with Crippen molar-refractivity contribution in [2.24, 2.45) is 0 Å². The first-order valence-corrected chi connectivity index (χ1v) is 7.22. The smallest absolute Gasteiger partial charge is 0.344 e. The van der Waals surface area contributed by atoms with Gasteiger partial charge in [-0.3, -0.25) is 4.98 Å². The molecule has 0 aliphatic carbocycles. The molecule has 0 atom stereocenters. The van der Waals surface area contributed by atoms with Crippen LogP contribution >= 0.6 is 0 Å². The quantitative estimate of drug-likeness (QED) is 0.525. The molecule has 4 nitrogen and oxygen atoms in total. The highest BCUT2D eigenvalue weighted by Gasteiger charge is 2.11. The molecule has 4 aromatic rings. The number of pyridine rings is 1. The number of rotatable bonds is 2. The average Bonchev–Trinajstić information content (AvgIpc) is 2.61. The second-order valence-corrected chi connectivity index (χ2v) is 5.24. The van der Waals surface area contributed by atoms with Gasteiger partial charge >= 0.3 is 5.63 Å². The first kappa shape index (κ1) is 13.5. The lowest BCUT2D eigenvalue weighted by Crippen LogP contribution is -2.03. The van der Waals surface area contributed by atoms with Crippen molar-refractivity contribution >= 4 is 21.9 Å². The molecule has 2 heterocycles. The van der Waals surface area contributed by atoms with Gasteiger partial charge in [0.15, 0.2) is 0 Å². The normalized spacial score (nSPS) is 11.0. The molecule has 0 aliphatic heterocycles. The number of aromatic nitrogens is 1. The highest BCUT2D eigenvalue weighted by molar-refractivity contribution is 6.02. The van der Waals surface area contributed by atoms with E-state index in [9.17, 15) is 4.79 Å². The lowest BCUT2D eigenvalue weighted by molar-refractivity contribution is 0.415. The first-order valence-electron chi connectivity index (χ1n) is 7.22. The van der Waals surface area contributed by atoms with Crippen molar-refractivity contribution < 1.29 is 9.15 Å². The summed E-state index contributed by atoms with van der Waals surface area (Å²) >= 11 is 0. The third kappa shape index (κ3) is 2.25. The van der Waals surface area contributed by atoms with Crippen molar-refractivity contribution in [3.05, 3.63) is 71.2 Å². The number of hydrogen-bond donors (Lipinski definition) is 0. The Balaban J connectivity index is 2.00. The van der Waals surface area contributed by atoms with Crippen LogP contribution in [0.2, 0.25) is 0 Å². The molecule has 4 rings (SSSR count). The minimum Gasteiger partial charge on any atom is -0.497 e.